The highest BCUT2D eigenvalue weighted by atomic mass is 16.5. The lowest BCUT2D eigenvalue weighted by Crippen LogP contribution is -2.26. The highest BCUT2D eigenvalue weighted by molar-refractivity contribution is 6.00. The molecule has 2 aromatic carbocycles. The Labute approximate surface area is 156 Å². The molecule has 0 aliphatic carbocycles. The number of amides is 1. The molecule has 0 unspecified atom stereocenters. The van der Waals surface area contributed by atoms with E-state index in [0.29, 0.717) is 22.6 Å². The maximum Gasteiger partial charge on any atom is 0.345 e. The number of nitrogens with zero attached hydrogens (tertiary/aromatic N) is 1. The molecule has 0 spiro atoms. The van der Waals surface area contributed by atoms with Crippen LogP contribution in [0.3, 0.4) is 0 Å². The van der Waals surface area contributed by atoms with E-state index in [2.05, 4.69) is 10.5 Å². The van der Waals surface area contributed by atoms with Crippen LogP contribution in [0.15, 0.2) is 62.8 Å². The molecule has 3 aromatic rings. The molecule has 0 aliphatic rings. The lowest BCUT2D eigenvalue weighted by molar-refractivity contribution is -0.123. The van der Waals surface area contributed by atoms with E-state index in [1.54, 1.807) is 25.1 Å². The smallest absolute Gasteiger partial charge is 0.345 e. The maximum absolute atomic E-state index is 12.1. The topological polar surface area (TPSA) is 80.9 Å². The van der Waals surface area contributed by atoms with Crippen molar-refractivity contribution in [1.82, 2.24) is 5.43 Å². The van der Waals surface area contributed by atoms with Gasteiger partial charge in [-0.15, -0.1) is 0 Å². The Bertz CT molecular complexity index is 1080. The minimum atomic E-state index is -0.504. The molecule has 27 heavy (non-hydrogen) atoms. The minimum Gasteiger partial charge on any atom is -0.484 e. The summed E-state index contributed by atoms with van der Waals surface area (Å²) in [5.41, 5.74) is 5.29. The van der Waals surface area contributed by atoms with Crippen LogP contribution in [-0.2, 0) is 4.79 Å². The Morgan fingerprint density at radius 1 is 1.11 bits per heavy atom. The number of hydrazone groups is 1. The van der Waals surface area contributed by atoms with Gasteiger partial charge in [-0.05, 0) is 56.2 Å². The summed E-state index contributed by atoms with van der Waals surface area (Å²) in [5, 5.41) is 4.77. The first-order chi connectivity index (χ1) is 12.9. The molecule has 0 saturated heterocycles. The standard InChI is InChI=1S/C21H20N2O4/c1-13-8-9-17(10-14(13)2)26-12-20(24)23-22-15(3)18-11-16-6-4-5-7-19(16)27-21(18)25/h4-11H,12H2,1-3H3,(H,23,24)/b22-15-. The molecule has 0 atom stereocenters. The molecule has 0 fully saturated rings. The van der Waals surface area contributed by atoms with Crippen LogP contribution in [0.25, 0.3) is 11.0 Å². The van der Waals surface area contributed by atoms with Crippen molar-refractivity contribution in [2.75, 3.05) is 6.61 Å². The molecule has 0 saturated carbocycles. The summed E-state index contributed by atoms with van der Waals surface area (Å²) in [6, 6.07) is 14.5. The highest BCUT2D eigenvalue weighted by Gasteiger charge is 2.09. The van der Waals surface area contributed by atoms with Gasteiger partial charge in [-0.1, -0.05) is 24.3 Å². The molecule has 6 heteroatoms. The van der Waals surface area contributed by atoms with Crippen LogP contribution in [0.5, 0.6) is 5.75 Å². The Morgan fingerprint density at radius 3 is 2.67 bits per heavy atom. The molecule has 1 amide bonds. The van der Waals surface area contributed by atoms with Crippen molar-refractivity contribution in [3.8, 4) is 5.75 Å². The first kappa shape index (κ1) is 18.4. The molecule has 0 bridgehead atoms. The minimum absolute atomic E-state index is 0.175. The summed E-state index contributed by atoms with van der Waals surface area (Å²) < 4.78 is 10.7. The second kappa shape index (κ2) is 7.86. The van der Waals surface area contributed by atoms with Gasteiger partial charge in [0.2, 0.25) is 0 Å². The van der Waals surface area contributed by atoms with Gasteiger partial charge < -0.3 is 9.15 Å². The quantitative estimate of drug-likeness (QED) is 0.428. The lowest BCUT2D eigenvalue weighted by atomic mass is 10.1. The van der Waals surface area contributed by atoms with Crippen molar-refractivity contribution >= 4 is 22.6 Å². The fraction of sp³-hybridized carbons (Fsp3) is 0.190. The molecule has 3 rings (SSSR count). The Hall–Kier alpha value is -3.41. The molecule has 1 aromatic heterocycles. The first-order valence-corrected chi connectivity index (χ1v) is 8.50. The van der Waals surface area contributed by atoms with Crippen molar-refractivity contribution in [3.05, 3.63) is 75.6 Å². The number of ether oxygens (including phenoxy) is 1. The summed E-state index contributed by atoms with van der Waals surface area (Å²) in [6.07, 6.45) is 0. The van der Waals surface area contributed by atoms with Gasteiger partial charge >= 0.3 is 5.63 Å². The summed E-state index contributed by atoms with van der Waals surface area (Å²) in [7, 11) is 0. The molecule has 0 radical (unpaired) electrons. The van der Waals surface area contributed by atoms with E-state index in [1.807, 2.05) is 44.2 Å². The van der Waals surface area contributed by atoms with E-state index in [0.717, 1.165) is 16.5 Å². The molecule has 1 heterocycles. The number of rotatable bonds is 5. The van der Waals surface area contributed by atoms with E-state index in [1.165, 1.54) is 0 Å². The summed E-state index contributed by atoms with van der Waals surface area (Å²) in [6.45, 7) is 5.44. The zero-order valence-corrected chi connectivity index (χ0v) is 15.4. The largest absolute Gasteiger partial charge is 0.484 e. The second-order valence-corrected chi connectivity index (χ2v) is 6.25. The van der Waals surface area contributed by atoms with Crippen molar-refractivity contribution in [2.24, 2.45) is 5.10 Å². The molecule has 138 valence electrons. The van der Waals surface area contributed by atoms with Crippen LogP contribution >= 0.6 is 0 Å². The number of fused-ring (bicyclic) bond motifs is 1. The lowest BCUT2D eigenvalue weighted by Gasteiger charge is -2.08. The van der Waals surface area contributed by atoms with E-state index in [9.17, 15) is 9.59 Å². The highest BCUT2D eigenvalue weighted by Crippen LogP contribution is 2.16. The average molecular weight is 364 g/mol. The van der Waals surface area contributed by atoms with Gasteiger partial charge in [-0.2, -0.15) is 5.10 Å². The molecular formula is C21H20N2O4. The van der Waals surface area contributed by atoms with Crippen LogP contribution in [-0.4, -0.2) is 18.2 Å². The number of nitrogens with one attached hydrogen (secondary N) is 1. The van der Waals surface area contributed by atoms with Gasteiger partial charge in [-0.25, -0.2) is 10.2 Å². The maximum atomic E-state index is 12.1. The van der Waals surface area contributed by atoms with E-state index < -0.39 is 11.5 Å². The molecule has 1 N–H and O–H groups in total. The van der Waals surface area contributed by atoms with E-state index >= 15 is 0 Å². The number of aryl methyl sites for hydroxylation is 2. The zero-order valence-electron chi connectivity index (χ0n) is 15.4. The third-order valence-corrected chi connectivity index (χ3v) is 4.23. The third kappa shape index (κ3) is 4.41. The number of hydrogen-bond acceptors (Lipinski definition) is 5. The van der Waals surface area contributed by atoms with Crippen LogP contribution in [0.1, 0.15) is 23.6 Å². The summed E-state index contributed by atoms with van der Waals surface area (Å²) >= 11 is 0. The predicted octanol–water partition coefficient (Wildman–Crippen LogP) is 3.33. The van der Waals surface area contributed by atoms with Gasteiger partial charge in [0.15, 0.2) is 6.61 Å². The van der Waals surface area contributed by atoms with E-state index in [-0.39, 0.29) is 6.61 Å². The fourth-order valence-corrected chi connectivity index (χ4v) is 2.51. The molecule has 0 aliphatic heterocycles. The van der Waals surface area contributed by atoms with Gasteiger partial charge in [0.1, 0.15) is 11.3 Å². The number of hydrogen-bond donors (Lipinski definition) is 1. The van der Waals surface area contributed by atoms with Crippen LogP contribution in [0, 0.1) is 13.8 Å². The van der Waals surface area contributed by atoms with E-state index in [4.69, 9.17) is 9.15 Å². The van der Waals surface area contributed by atoms with Gasteiger partial charge in [-0.3, -0.25) is 4.79 Å². The number of benzene rings is 2. The second-order valence-electron chi connectivity index (χ2n) is 6.25. The summed E-state index contributed by atoms with van der Waals surface area (Å²) in [5.74, 6) is 0.196. The van der Waals surface area contributed by atoms with Gasteiger partial charge in [0.25, 0.3) is 5.91 Å². The zero-order chi connectivity index (χ0) is 19.4. The van der Waals surface area contributed by atoms with Crippen LogP contribution < -0.4 is 15.8 Å². The summed E-state index contributed by atoms with van der Waals surface area (Å²) in [4.78, 5) is 24.1. The van der Waals surface area contributed by atoms with Crippen LogP contribution in [0.4, 0.5) is 0 Å². The normalized spacial score (nSPS) is 11.4. The number of carbonyl (C=O) groups excluding carboxylic acids is 1. The Balaban J connectivity index is 1.66. The van der Waals surface area contributed by atoms with Crippen molar-refractivity contribution in [3.63, 3.8) is 0 Å². The number of carbonyl (C=O) groups is 1. The van der Waals surface area contributed by atoms with Gasteiger partial charge in [0, 0.05) is 5.39 Å². The Morgan fingerprint density at radius 2 is 1.89 bits per heavy atom. The first-order valence-electron chi connectivity index (χ1n) is 8.50. The van der Waals surface area contributed by atoms with Crippen molar-refractivity contribution in [1.29, 1.82) is 0 Å². The van der Waals surface area contributed by atoms with Crippen LogP contribution in [0.2, 0.25) is 0 Å². The molecule has 6 nitrogen and oxygen atoms in total. The van der Waals surface area contributed by atoms with Gasteiger partial charge in [0.05, 0.1) is 11.3 Å². The molecular weight excluding hydrogens is 344 g/mol. The number of para-hydroxylation sites is 1. The fourth-order valence-electron chi connectivity index (χ4n) is 2.51. The SMILES string of the molecule is C/C(=N/NC(=O)COc1ccc(C)c(C)c1)c1cc2ccccc2oc1=O. The van der Waals surface area contributed by atoms with Crippen molar-refractivity contribution in [2.45, 2.75) is 20.8 Å². The van der Waals surface area contributed by atoms with Crippen molar-refractivity contribution < 1.29 is 13.9 Å². The Kier molecular flexibility index (Phi) is 5.35. The monoisotopic (exact) mass is 364 g/mol. The third-order valence-electron chi connectivity index (χ3n) is 4.23. The predicted molar refractivity (Wildman–Crippen MR) is 104 cm³/mol. The average Bonchev–Trinajstić information content (AvgIpc) is 2.66.